The van der Waals surface area contributed by atoms with Gasteiger partial charge in [-0.1, -0.05) is 77.8 Å². The van der Waals surface area contributed by atoms with Crippen LogP contribution in [0.25, 0.3) is 16.4 Å². The number of nitrogens with one attached hydrogen (secondary N) is 5. The number of nitrogens with zero attached hydrogens (tertiary/aromatic N) is 6. The zero-order valence-electron chi connectivity index (χ0n) is 59.5. The smallest absolute Gasteiger partial charge is 0.415 e. The summed E-state index contributed by atoms with van der Waals surface area (Å²) in [7, 11) is 1.49. The number of anilines is 3. The maximum atomic E-state index is 14.6. The number of aromatic nitrogens is 2. The number of nitrogens with two attached hydrogens (primary N) is 1. The van der Waals surface area contributed by atoms with E-state index in [1.807, 2.05) is 25.1 Å². The summed E-state index contributed by atoms with van der Waals surface area (Å²) >= 11 is 8.24. The zero-order chi connectivity index (χ0) is 75.2. The van der Waals surface area contributed by atoms with E-state index in [0.29, 0.717) is 39.2 Å². The Morgan fingerprint density at radius 1 is 0.827 bits per heavy atom. The highest BCUT2D eigenvalue weighted by molar-refractivity contribution is 8.02. The van der Waals surface area contributed by atoms with Gasteiger partial charge in [0.25, 0.3) is 11.8 Å². The maximum Gasteiger partial charge on any atom is 0.415 e. The van der Waals surface area contributed by atoms with Gasteiger partial charge in [-0.25, -0.2) is 24.2 Å². The number of hydrogen-bond donors (Lipinski definition) is 8. The first-order valence-electron chi connectivity index (χ1n) is 34.7. The number of aliphatic hydroxyl groups excluding tert-OH is 1. The molecule has 29 nitrogen and oxygen atoms in total. The molecule has 4 heterocycles. The molecule has 0 radical (unpaired) electrons. The zero-order valence-corrected chi connectivity index (χ0v) is 61.1. The molecule has 4 atom stereocenters. The van der Waals surface area contributed by atoms with E-state index in [4.69, 9.17) is 41.0 Å². The van der Waals surface area contributed by atoms with E-state index in [2.05, 4.69) is 52.3 Å². The number of amides is 11. The molecule has 0 spiro atoms. The highest BCUT2D eigenvalue weighted by Gasteiger charge is 2.43. The highest BCUT2D eigenvalue weighted by Crippen LogP contribution is 2.47. The van der Waals surface area contributed by atoms with E-state index in [-0.39, 0.29) is 150 Å². The Labute approximate surface area is 612 Å². The van der Waals surface area contributed by atoms with Crippen molar-refractivity contribution in [3.63, 3.8) is 0 Å². The van der Waals surface area contributed by atoms with Crippen molar-refractivity contribution in [1.82, 2.24) is 40.0 Å². The molecule has 560 valence electrons. The molecule has 0 saturated carbocycles. The van der Waals surface area contributed by atoms with Gasteiger partial charge in [0.05, 0.1) is 56.2 Å². The summed E-state index contributed by atoms with van der Waals surface area (Å²) in [4.78, 5) is 144. The lowest BCUT2D eigenvalue weighted by atomic mass is 9.92. The number of aryl methyl sites for hydroxylation is 1. The molecule has 0 bridgehead atoms. The van der Waals surface area contributed by atoms with E-state index >= 15 is 0 Å². The van der Waals surface area contributed by atoms with Crippen molar-refractivity contribution >= 4 is 117 Å². The van der Waals surface area contributed by atoms with Crippen molar-refractivity contribution in [3.05, 3.63) is 125 Å². The lowest BCUT2D eigenvalue weighted by molar-refractivity contribution is -0.139. The Morgan fingerprint density at radius 3 is 2.24 bits per heavy atom. The Morgan fingerprint density at radius 2 is 1.55 bits per heavy atom. The number of thioether (sulfide) groups is 1. The van der Waals surface area contributed by atoms with Crippen LogP contribution in [0.1, 0.15) is 123 Å². The summed E-state index contributed by atoms with van der Waals surface area (Å²) in [5.41, 5.74) is 9.48. The number of carbonyl (C=O) groups excluding carboxylic acids is 10. The largest absolute Gasteiger partial charge is 0.508 e. The van der Waals surface area contributed by atoms with Crippen LogP contribution >= 0.6 is 23.4 Å². The first-order valence-corrected chi connectivity index (χ1v) is 36.1. The van der Waals surface area contributed by atoms with E-state index < -0.39 is 71.2 Å². The minimum absolute atomic E-state index is 0.0000877. The SMILES string of the molecule is CCCC(C)(CCC)SC1CC(=O)N(CCOCCOC(=O)N[C@H](C(=O)N[C@@H](CCCNC(N)=O)C(=O)Nc2ccc(COC(=O)N(C)CCN(CCOCCO)C(=O)Oc3cc4c(c5c(C)cccc35)[C@H](CCl)CN4C(=O)c3cn4cc(NC(=O)c5ccc(O)cc5)ccc4n3)cc2)C(C)C)C1=O. The number of aliphatic hydroxyl groups is 1. The van der Waals surface area contributed by atoms with Gasteiger partial charge in [-0.05, 0) is 109 Å². The van der Waals surface area contributed by atoms with Gasteiger partial charge < -0.3 is 85.3 Å². The van der Waals surface area contributed by atoms with Gasteiger partial charge in [-0.3, -0.25) is 33.7 Å². The fraction of sp³-hybridized carbons (Fsp3) is 0.466. The summed E-state index contributed by atoms with van der Waals surface area (Å²) in [6, 6.07) is 19.6. The minimum atomic E-state index is -1.17. The molecule has 6 aromatic rings. The van der Waals surface area contributed by atoms with Gasteiger partial charge in [-0.15, -0.1) is 23.4 Å². The van der Waals surface area contributed by atoms with E-state index in [9.17, 15) is 58.2 Å². The number of aromatic hydroxyl groups is 1. The summed E-state index contributed by atoms with van der Waals surface area (Å²) in [6.45, 7) is 11.2. The third-order valence-corrected chi connectivity index (χ3v) is 19.7. The number of benzene rings is 4. The summed E-state index contributed by atoms with van der Waals surface area (Å²) in [5.74, 6) is -3.14. The standard InChI is InChI=1S/C73H93ClN12O17S/c1-8-25-73(6,26-9-2)104-58-39-60(89)85(68(58)94)31-34-100-36-37-101-70(96)81-63(45(3)4)66(92)80-54(14-11-27-76-69(75)95)65(91)77-50-19-15-47(16-20-50)44-102-71(97)82(7)28-29-83(30-33-99-35-32-87)72(98)103-57-38-56-62(61-46(5)12-10-13-53(57)61)49(40-74)41-86(56)67(93)55-43-84-42-51(21-24-59(84)79-55)78-64(90)48-17-22-52(88)23-18-48/h10,12-13,15-24,38,42-43,45,49,54,58,63,87-88H,8-9,11,14,25-37,39-41,44H2,1-7H3,(H,77,91)(H,78,90)(H,80,92)(H,81,96)(H3,75,76,95)/t49-,54+,58?,63+/m1/s1. The van der Waals surface area contributed by atoms with Crippen LogP contribution in [-0.4, -0.2) is 208 Å². The normalized spacial score (nSPS) is 14.8. The van der Waals surface area contributed by atoms with Crippen LogP contribution in [0.2, 0.25) is 0 Å². The van der Waals surface area contributed by atoms with Gasteiger partial charge in [0.2, 0.25) is 23.6 Å². The number of hydrogen-bond acceptors (Lipinski definition) is 19. The number of urea groups is 1. The number of likely N-dealkylation sites (N-methyl/N-ethyl adjacent to an activating group) is 1. The van der Waals surface area contributed by atoms with Crippen LogP contribution in [0.4, 0.5) is 36.2 Å². The molecular weight excluding hydrogens is 1380 g/mol. The number of alkyl carbamates (subject to hydrolysis) is 1. The molecule has 2 aliphatic rings. The molecule has 2 aliphatic heterocycles. The molecule has 4 aromatic carbocycles. The molecule has 1 saturated heterocycles. The molecule has 8 rings (SSSR count). The minimum Gasteiger partial charge on any atom is -0.508 e. The average Bonchev–Trinajstić information content (AvgIpc) is 1.55. The number of phenols is 1. The lowest BCUT2D eigenvalue weighted by Crippen LogP contribution is -2.54. The Hall–Kier alpha value is -9.75. The van der Waals surface area contributed by atoms with Crippen LogP contribution < -0.4 is 42.0 Å². The lowest BCUT2D eigenvalue weighted by Gasteiger charge is -2.30. The number of carbonyl (C=O) groups is 10. The number of rotatable bonds is 37. The van der Waals surface area contributed by atoms with Crippen molar-refractivity contribution in [2.45, 2.75) is 121 Å². The highest BCUT2D eigenvalue weighted by atomic mass is 35.5. The van der Waals surface area contributed by atoms with Crippen molar-refractivity contribution in [2.75, 3.05) is 107 Å². The van der Waals surface area contributed by atoms with E-state index in [1.54, 1.807) is 89.8 Å². The predicted molar refractivity (Wildman–Crippen MR) is 392 cm³/mol. The second-order valence-corrected chi connectivity index (χ2v) is 28.1. The first-order chi connectivity index (χ1) is 49.8. The predicted octanol–water partition coefficient (Wildman–Crippen LogP) is 8.67. The van der Waals surface area contributed by atoms with Crippen LogP contribution in [-0.2, 0) is 44.7 Å². The van der Waals surface area contributed by atoms with Crippen molar-refractivity contribution in [2.24, 2.45) is 11.7 Å². The topological polar surface area (TPSA) is 374 Å². The first kappa shape index (κ1) is 79.9. The second kappa shape index (κ2) is 38.1. The molecule has 1 unspecified atom stereocenters. The Balaban J connectivity index is 0.839. The van der Waals surface area contributed by atoms with Crippen LogP contribution in [0.15, 0.2) is 97.3 Å². The molecule has 0 aliphatic carbocycles. The van der Waals surface area contributed by atoms with Gasteiger partial charge in [0.15, 0.2) is 0 Å². The molecule has 2 aromatic heterocycles. The molecular formula is C73H93ClN12O17S. The van der Waals surface area contributed by atoms with Gasteiger partial charge in [-0.2, -0.15) is 0 Å². The third kappa shape index (κ3) is 21.7. The molecule has 9 N–H and O–H groups in total. The number of ether oxygens (including phenoxy) is 5. The van der Waals surface area contributed by atoms with Crippen molar-refractivity contribution in [3.8, 4) is 11.5 Å². The van der Waals surface area contributed by atoms with Gasteiger partial charge in [0, 0.05) is 97.8 Å². The van der Waals surface area contributed by atoms with Crippen LogP contribution in [0.3, 0.4) is 0 Å². The van der Waals surface area contributed by atoms with Crippen LogP contribution in [0.5, 0.6) is 11.5 Å². The molecule has 11 amide bonds. The summed E-state index contributed by atoms with van der Waals surface area (Å²) in [6.07, 6.45) is 4.93. The van der Waals surface area contributed by atoms with Gasteiger partial charge >= 0.3 is 24.3 Å². The number of phenolic OH excluding ortho intramolecular Hbond substituents is 1. The van der Waals surface area contributed by atoms with Crippen molar-refractivity contribution in [1.29, 1.82) is 0 Å². The monoisotopic (exact) mass is 1480 g/mol. The number of primary amides is 1. The van der Waals surface area contributed by atoms with Crippen molar-refractivity contribution < 1.29 is 81.8 Å². The number of imidazole rings is 1. The van der Waals surface area contributed by atoms with E-state index in [1.165, 1.54) is 46.0 Å². The summed E-state index contributed by atoms with van der Waals surface area (Å²) < 4.78 is 29.9. The fourth-order valence-electron chi connectivity index (χ4n) is 12.4. The number of likely N-dealkylation sites (tertiary alicyclic amines) is 1. The van der Waals surface area contributed by atoms with Gasteiger partial charge in [0.1, 0.15) is 48.1 Å². The third-order valence-electron chi connectivity index (χ3n) is 17.7. The van der Waals surface area contributed by atoms with Crippen LogP contribution in [0, 0.1) is 12.8 Å². The molecule has 104 heavy (non-hydrogen) atoms. The Kier molecular flexibility index (Phi) is 29.3. The fourth-order valence-corrected chi connectivity index (χ4v) is 14.4. The molecule has 1 fully saturated rings. The number of imide groups is 1. The quantitative estimate of drug-likeness (QED) is 0.0103. The summed E-state index contributed by atoms with van der Waals surface area (Å²) in [5, 5.41) is 33.3. The molecule has 31 heteroatoms. The number of halogens is 1. The number of pyridine rings is 1. The number of alkyl halides is 1. The Bertz CT molecular complexity index is 4020. The second-order valence-electron chi connectivity index (χ2n) is 26.0. The number of fused-ring (bicyclic) bond motifs is 4. The maximum absolute atomic E-state index is 14.6. The van der Waals surface area contributed by atoms with E-state index in [0.717, 1.165) is 42.2 Å². The average molecular weight is 1480 g/mol.